The fourth-order valence-electron chi connectivity index (χ4n) is 1.57. The van der Waals surface area contributed by atoms with Gasteiger partial charge in [0.1, 0.15) is 5.75 Å². The zero-order chi connectivity index (χ0) is 11.5. The van der Waals surface area contributed by atoms with E-state index in [-0.39, 0.29) is 0 Å². The second-order valence-corrected chi connectivity index (χ2v) is 4.21. The highest BCUT2D eigenvalue weighted by Gasteiger charge is 2.09. The van der Waals surface area contributed by atoms with Gasteiger partial charge in [0, 0.05) is 0 Å². The largest absolute Gasteiger partial charge is 0.496 e. The van der Waals surface area contributed by atoms with Gasteiger partial charge in [0.2, 0.25) is 0 Å². The van der Waals surface area contributed by atoms with Crippen LogP contribution in [0.25, 0.3) is 10.4 Å². The first-order chi connectivity index (χ1) is 7.76. The van der Waals surface area contributed by atoms with Crippen LogP contribution in [0.2, 0.25) is 0 Å². The minimum atomic E-state index is 0.634. The zero-order valence-corrected chi connectivity index (χ0v) is 9.88. The monoisotopic (exact) mass is 233 g/mol. The van der Waals surface area contributed by atoms with Gasteiger partial charge in [0.15, 0.2) is 6.29 Å². The average molecular weight is 233 g/mol. The van der Waals surface area contributed by atoms with Gasteiger partial charge in [-0.05, 0) is 47.8 Å². The number of aromatic nitrogens is 1. The molecule has 0 bridgehead atoms. The lowest BCUT2D eigenvalue weighted by Gasteiger charge is -2.06. The molecular weight excluding hydrogens is 222 g/mol. The van der Waals surface area contributed by atoms with Crippen LogP contribution in [0, 0.1) is 6.92 Å². The van der Waals surface area contributed by atoms with E-state index in [9.17, 15) is 4.79 Å². The Morgan fingerprint density at radius 1 is 1.44 bits per heavy atom. The van der Waals surface area contributed by atoms with Crippen molar-refractivity contribution in [1.29, 1.82) is 0 Å². The minimum absolute atomic E-state index is 0.634. The number of hydrogen-bond donors (Lipinski definition) is 0. The molecule has 1 aromatic carbocycles. The number of carbonyl (C=O) groups excluding carboxylic acids is 1. The standard InChI is InChI=1S/C12H11NO2S/c1-8-5-9(3-4-11(8)15-2)12-10(7-14)6-13-16-12/h3-7H,1-2H3. The van der Waals surface area contributed by atoms with Gasteiger partial charge in [0.25, 0.3) is 0 Å². The molecule has 0 saturated carbocycles. The van der Waals surface area contributed by atoms with Gasteiger partial charge in [-0.15, -0.1) is 0 Å². The maximum atomic E-state index is 10.8. The second-order valence-electron chi connectivity index (χ2n) is 3.41. The van der Waals surface area contributed by atoms with Gasteiger partial charge in [0.05, 0.1) is 23.7 Å². The van der Waals surface area contributed by atoms with Crippen LogP contribution >= 0.6 is 11.5 Å². The lowest BCUT2D eigenvalue weighted by Crippen LogP contribution is -1.88. The van der Waals surface area contributed by atoms with Crippen molar-refractivity contribution in [2.45, 2.75) is 6.92 Å². The minimum Gasteiger partial charge on any atom is -0.496 e. The molecule has 0 radical (unpaired) electrons. The highest BCUT2D eigenvalue weighted by molar-refractivity contribution is 7.10. The van der Waals surface area contributed by atoms with E-state index in [2.05, 4.69) is 4.37 Å². The van der Waals surface area contributed by atoms with Gasteiger partial charge in [-0.1, -0.05) is 0 Å². The molecule has 0 unspecified atom stereocenters. The summed E-state index contributed by atoms with van der Waals surface area (Å²) in [7, 11) is 1.64. The Balaban J connectivity index is 2.49. The van der Waals surface area contributed by atoms with E-state index in [1.165, 1.54) is 11.5 Å². The van der Waals surface area contributed by atoms with Gasteiger partial charge in [-0.3, -0.25) is 4.79 Å². The molecule has 0 spiro atoms. The Morgan fingerprint density at radius 3 is 2.88 bits per heavy atom. The number of nitrogens with zero attached hydrogens (tertiary/aromatic N) is 1. The van der Waals surface area contributed by atoms with E-state index < -0.39 is 0 Å². The van der Waals surface area contributed by atoms with Crippen molar-refractivity contribution in [3.05, 3.63) is 35.5 Å². The first-order valence-electron chi connectivity index (χ1n) is 4.81. The molecule has 4 heteroatoms. The summed E-state index contributed by atoms with van der Waals surface area (Å²) < 4.78 is 9.21. The highest BCUT2D eigenvalue weighted by Crippen LogP contribution is 2.30. The molecule has 0 aliphatic carbocycles. The Hall–Kier alpha value is -1.68. The highest BCUT2D eigenvalue weighted by atomic mass is 32.1. The van der Waals surface area contributed by atoms with E-state index in [0.717, 1.165) is 28.0 Å². The first kappa shape index (κ1) is 10.8. The molecule has 1 aromatic heterocycles. The number of benzene rings is 1. The summed E-state index contributed by atoms with van der Waals surface area (Å²) >= 11 is 1.33. The molecular formula is C12H11NO2S. The first-order valence-corrected chi connectivity index (χ1v) is 5.58. The van der Waals surface area contributed by atoms with Gasteiger partial charge in [-0.2, -0.15) is 4.37 Å². The smallest absolute Gasteiger partial charge is 0.153 e. The number of ether oxygens (including phenoxy) is 1. The van der Waals surface area contributed by atoms with Crippen LogP contribution in [0.5, 0.6) is 5.75 Å². The molecule has 2 rings (SSSR count). The van der Waals surface area contributed by atoms with Crippen molar-refractivity contribution >= 4 is 17.8 Å². The van der Waals surface area contributed by atoms with Crippen LogP contribution in [0.3, 0.4) is 0 Å². The third-order valence-corrected chi connectivity index (χ3v) is 3.25. The van der Waals surface area contributed by atoms with E-state index >= 15 is 0 Å². The van der Waals surface area contributed by atoms with E-state index in [0.29, 0.717) is 5.56 Å². The van der Waals surface area contributed by atoms with Gasteiger partial charge in [-0.25, -0.2) is 0 Å². The van der Waals surface area contributed by atoms with Crippen LogP contribution in [-0.2, 0) is 0 Å². The number of methoxy groups -OCH3 is 1. The third-order valence-electron chi connectivity index (χ3n) is 2.38. The van der Waals surface area contributed by atoms with Crippen LogP contribution < -0.4 is 4.74 Å². The van der Waals surface area contributed by atoms with Crippen molar-refractivity contribution in [3.8, 4) is 16.2 Å². The summed E-state index contributed by atoms with van der Waals surface area (Å²) in [5.74, 6) is 0.848. The number of hydrogen-bond acceptors (Lipinski definition) is 4. The molecule has 0 amide bonds. The van der Waals surface area contributed by atoms with Crippen LogP contribution in [0.4, 0.5) is 0 Å². The van der Waals surface area contributed by atoms with Crippen LogP contribution in [0.15, 0.2) is 24.4 Å². The molecule has 16 heavy (non-hydrogen) atoms. The Bertz CT molecular complexity index is 519. The van der Waals surface area contributed by atoms with Crippen molar-refractivity contribution in [3.63, 3.8) is 0 Å². The summed E-state index contributed by atoms with van der Waals surface area (Å²) in [5.41, 5.74) is 2.68. The SMILES string of the molecule is COc1ccc(-c2sncc2C=O)cc1C. The quantitative estimate of drug-likeness (QED) is 0.765. The molecule has 82 valence electrons. The van der Waals surface area contributed by atoms with Gasteiger partial charge < -0.3 is 4.74 Å². The van der Waals surface area contributed by atoms with E-state index in [1.54, 1.807) is 13.3 Å². The predicted octanol–water partition coefficient (Wildman–Crippen LogP) is 2.94. The molecule has 1 heterocycles. The van der Waals surface area contributed by atoms with E-state index in [1.807, 2.05) is 25.1 Å². The zero-order valence-electron chi connectivity index (χ0n) is 9.06. The predicted molar refractivity (Wildman–Crippen MR) is 64.2 cm³/mol. The molecule has 0 N–H and O–H groups in total. The maximum Gasteiger partial charge on any atom is 0.153 e. The molecule has 0 aliphatic heterocycles. The average Bonchev–Trinajstić information content (AvgIpc) is 2.77. The molecule has 0 fully saturated rings. The lowest BCUT2D eigenvalue weighted by molar-refractivity contribution is 0.112. The molecule has 0 aliphatic rings. The summed E-state index contributed by atoms with van der Waals surface area (Å²) in [5, 5.41) is 0. The fourth-order valence-corrected chi connectivity index (χ4v) is 2.28. The number of carbonyl (C=O) groups is 1. The molecule has 0 atom stereocenters. The fraction of sp³-hybridized carbons (Fsp3) is 0.167. The second kappa shape index (κ2) is 4.45. The van der Waals surface area contributed by atoms with Crippen molar-refractivity contribution in [2.24, 2.45) is 0 Å². The van der Waals surface area contributed by atoms with Crippen molar-refractivity contribution < 1.29 is 9.53 Å². The van der Waals surface area contributed by atoms with Crippen molar-refractivity contribution in [1.82, 2.24) is 4.37 Å². The Kier molecular flexibility index (Phi) is 3.01. The number of rotatable bonds is 3. The van der Waals surface area contributed by atoms with Crippen LogP contribution in [0.1, 0.15) is 15.9 Å². The molecule has 0 saturated heterocycles. The Labute approximate surface area is 97.9 Å². The third kappa shape index (κ3) is 1.84. The summed E-state index contributed by atoms with van der Waals surface area (Å²) in [4.78, 5) is 11.7. The number of aryl methyl sites for hydroxylation is 1. The van der Waals surface area contributed by atoms with Crippen molar-refractivity contribution in [2.75, 3.05) is 7.11 Å². The summed E-state index contributed by atoms with van der Waals surface area (Å²) in [6, 6.07) is 5.84. The molecule has 3 nitrogen and oxygen atoms in total. The van der Waals surface area contributed by atoms with Crippen LogP contribution in [-0.4, -0.2) is 17.8 Å². The Morgan fingerprint density at radius 2 is 2.25 bits per heavy atom. The van der Waals surface area contributed by atoms with Gasteiger partial charge >= 0.3 is 0 Å². The van der Waals surface area contributed by atoms with E-state index in [4.69, 9.17) is 4.74 Å². The normalized spacial score (nSPS) is 10.1. The summed E-state index contributed by atoms with van der Waals surface area (Å²) in [6.45, 7) is 1.98. The maximum absolute atomic E-state index is 10.8. The summed E-state index contributed by atoms with van der Waals surface area (Å²) in [6.07, 6.45) is 2.42. The lowest BCUT2D eigenvalue weighted by atomic mass is 10.1. The topological polar surface area (TPSA) is 39.2 Å². The number of aldehydes is 1. The molecule has 2 aromatic rings.